The van der Waals surface area contributed by atoms with Gasteiger partial charge in [0.15, 0.2) is 0 Å². The molecule has 4 aromatic rings. The first-order valence-electron chi connectivity index (χ1n) is 9.57. The van der Waals surface area contributed by atoms with E-state index in [4.69, 9.17) is 4.74 Å². The van der Waals surface area contributed by atoms with Gasteiger partial charge in [-0.1, -0.05) is 97.1 Å². The van der Waals surface area contributed by atoms with Crippen LogP contribution in [0.1, 0.15) is 22.3 Å². The van der Waals surface area contributed by atoms with E-state index in [-0.39, 0.29) is 0 Å². The highest BCUT2D eigenvalue weighted by atomic mass is 16.5. The lowest BCUT2D eigenvalue weighted by Gasteiger charge is -2.41. The fourth-order valence-corrected chi connectivity index (χ4v) is 4.08. The van der Waals surface area contributed by atoms with E-state index in [2.05, 4.69) is 102 Å². The van der Waals surface area contributed by atoms with Crippen LogP contribution in [0.15, 0.2) is 109 Å². The molecule has 1 N–H and O–H groups in total. The van der Waals surface area contributed by atoms with Crippen molar-refractivity contribution in [3.8, 4) is 0 Å². The molecule has 0 radical (unpaired) electrons. The standard InChI is InChI=1S/C26H21NO/c1-3-11-20(12-4-1)19-28-26(21-13-5-2-6-14-21)22-15-7-9-17-24(22)27-25-18-10-8-16-23(25)26/h1-18,27H,19H2. The van der Waals surface area contributed by atoms with Gasteiger partial charge >= 0.3 is 0 Å². The molecule has 4 aromatic carbocycles. The Labute approximate surface area is 165 Å². The van der Waals surface area contributed by atoms with Crippen molar-refractivity contribution in [2.45, 2.75) is 12.2 Å². The van der Waals surface area contributed by atoms with Crippen molar-refractivity contribution in [3.63, 3.8) is 0 Å². The van der Waals surface area contributed by atoms with E-state index in [1.165, 1.54) is 0 Å². The predicted octanol–water partition coefficient (Wildman–Crippen LogP) is 6.25. The summed E-state index contributed by atoms with van der Waals surface area (Å²) in [4.78, 5) is 0. The van der Waals surface area contributed by atoms with Gasteiger partial charge in [-0.3, -0.25) is 0 Å². The lowest BCUT2D eigenvalue weighted by atomic mass is 9.76. The molecule has 0 saturated heterocycles. The van der Waals surface area contributed by atoms with Gasteiger partial charge in [-0.15, -0.1) is 0 Å². The summed E-state index contributed by atoms with van der Waals surface area (Å²) in [6, 6.07) is 37.7. The molecule has 0 aliphatic carbocycles. The van der Waals surface area contributed by atoms with Crippen LogP contribution in [-0.2, 0) is 16.9 Å². The van der Waals surface area contributed by atoms with Crippen LogP contribution in [0.3, 0.4) is 0 Å². The second-order valence-electron chi connectivity index (χ2n) is 7.04. The third-order valence-corrected chi connectivity index (χ3v) is 5.36. The van der Waals surface area contributed by atoms with Gasteiger partial charge in [0, 0.05) is 22.5 Å². The van der Waals surface area contributed by atoms with Crippen LogP contribution >= 0.6 is 0 Å². The second-order valence-corrected chi connectivity index (χ2v) is 7.04. The summed E-state index contributed by atoms with van der Waals surface area (Å²) in [5.41, 5.74) is 6.05. The predicted molar refractivity (Wildman–Crippen MR) is 114 cm³/mol. The quantitative estimate of drug-likeness (QED) is 0.462. The molecule has 0 amide bonds. The highest BCUT2D eigenvalue weighted by Gasteiger charge is 2.43. The monoisotopic (exact) mass is 363 g/mol. The van der Waals surface area contributed by atoms with Gasteiger partial charge in [0.2, 0.25) is 0 Å². The first kappa shape index (κ1) is 16.8. The van der Waals surface area contributed by atoms with Crippen molar-refractivity contribution in [3.05, 3.63) is 131 Å². The minimum absolute atomic E-state index is 0.526. The zero-order chi connectivity index (χ0) is 18.8. The lowest BCUT2D eigenvalue weighted by Crippen LogP contribution is -2.36. The number of nitrogens with one attached hydrogen (secondary N) is 1. The molecule has 1 aliphatic heterocycles. The smallest absolute Gasteiger partial charge is 0.148 e. The Kier molecular flexibility index (Phi) is 4.19. The molecule has 136 valence electrons. The Morgan fingerprint density at radius 1 is 0.571 bits per heavy atom. The van der Waals surface area contributed by atoms with E-state index in [1.54, 1.807) is 0 Å². The van der Waals surface area contributed by atoms with Crippen molar-refractivity contribution in [1.82, 2.24) is 0 Å². The van der Waals surface area contributed by atoms with Crippen LogP contribution in [0.5, 0.6) is 0 Å². The topological polar surface area (TPSA) is 21.3 Å². The Morgan fingerprint density at radius 2 is 1.07 bits per heavy atom. The number of benzene rings is 4. The van der Waals surface area contributed by atoms with E-state index in [0.29, 0.717) is 6.61 Å². The first-order chi connectivity index (χ1) is 13.9. The minimum atomic E-state index is -0.671. The molecule has 0 spiro atoms. The van der Waals surface area contributed by atoms with Crippen molar-refractivity contribution in [2.24, 2.45) is 0 Å². The average molecular weight is 363 g/mol. The maximum absolute atomic E-state index is 6.86. The molecule has 1 heterocycles. The molecule has 0 aromatic heterocycles. The molecule has 0 saturated carbocycles. The molecule has 0 fully saturated rings. The van der Waals surface area contributed by atoms with Crippen LogP contribution in [-0.4, -0.2) is 0 Å². The number of fused-ring (bicyclic) bond motifs is 2. The molecule has 0 bridgehead atoms. The molecule has 0 unspecified atom stereocenters. The number of ether oxygens (including phenoxy) is 1. The zero-order valence-corrected chi connectivity index (χ0v) is 15.5. The largest absolute Gasteiger partial charge is 0.356 e. The van der Waals surface area contributed by atoms with Crippen LogP contribution in [0.25, 0.3) is 0 Å². The van der Waals surface area contributed by atoms with Gasteiger partial charge in [0.05, 0.1) is 6.61 Å². The molecule has 0 atom stereocenters. The summed E-state index contributed by atoms with van der Waals surface area (Å²) >= 11 is 0. The van der Waals surface area contributed by atoms with Gasteiger partial charge in [-0.2, -0.15) is 0 Å². The van der Waals surface area contributed by atoms with E-state index in [0.717, 1.165) is 33.6 Å². The Morgan fingerprint density at radius 3 is 1.68 bits per heavy atom. The summed E-state index contributed by atoms with van der Waals surface area (Å²) < 4.78 is 6.86. The highest BCUT2D eigenvalue weighted by molar-refractivity contribution is 5.77. The normalized spacial score (nSPS) is 13.9. The fraction of sp³-hybridized carbons (Fsp3) is 0.0769. The highest BCUT2D eigenvalue weighted by Crippen LogP contribution is 2.50. The third-order valence-electron chi connectivity index (χ3n) is 5.36. The first-order valence-corrected chi connectivity index (χ1v) is 9.57. The van der Waals surface area contributed by atoms with E-state index < -0.39 is 5.60 Å². The summed E-state index contributed by atoms with van der Waals surface area (Å²) in [5, 5.41) is 3.58. The molecule has 1 aliphatic rings. The third kappa shape index (κ3) is 2.70. The molecule has 28 heavy (non-hydrogen) atoms. The average Bonchev–Trinajstić information content (AvgIpc) is 2.78. The molecule has 5 rings (SSSR count). The van der Waals surface area contributed by atoms with Crippen molar-refractivity contribution in [2.75, 3.05) is 5.32 Å². The van der Waals surface area contributed by atoms with Gasteiger partial charge in [0.25, 0.3) is 0 Å². The van der Waals surface area contributed by atoms with Gasteiger partial charge in [0.1, 0.15) is 5.60 Å². The maximum Gasteiger partial charge on any atom is 0.148 e. The Hall–Kier alpha value is -3.36. The number of anilines is 2. The fourth-order valence-electron chi connectivity index (χ4n) is 4.08. The van der Waals surface area contributed by atoms with Crippen LogP contribution in [0.4, 0.5) is 11.4 Å². The zero-order valence-electron chi connectivity index (χ0n) is 15.5. The van der Waals surface area contributed by atoms with Crippen LogP contribution in [0, 0.1) is 0 Å². The summed E-state index contributed by atoms with van der Waals surface area (Å²) in [6.45, 7) is 0.526. The van der Waals surface area contributed by atoms with Gasteiger partial charge in [-0.25, -0.2) is 0 Å². The van der Waals surface area contributed by atoms with Crippen LogP contribution < -0.4 is 5.32 Å². The number of para-hydroxylation sites is 2. The molecular weight excluding hydrogens is 342 g/mol. The number of hydrogen-bond acceptors (Lipinski definition) is 2. The maximum atomic E-state index is 6.86. The Bertz CT molecular complexity index is 1040. The lowest BCUT2D eigenvalue weighted by molar-refractivity contribution is 0.000417. The molecule has 2 heteroatoms. The minimum Gasteiger partial charge on any atom is -0.356 e. The summed E-state index contributed by atoms with van der Waals surface area (Å²) in [6.07, 6.45) is 0. The van der Waals surface area contributed by atoms with Gasteiger partial charge < -0.3 is 10.1 Å². The SMILES string of the molecule is c1ccc(COC2(c3ccccc3)c3ccccc3Nc3ccccc32)cc1. The summed E-state index contributed by atoms with van der Waals surface area (Å²) in [5.74, 6) is 0. The van der Waals surface area contributed by atoms with E-state index in [1.807, 2.05) is 12.1 Å². The van der Waals surface area contributed by atoms with Gasteiger partial charge in [-0.05, 0) is 23.3 Å². The van der Waals surface area contributed by atoms with Crippen molar-refractivity contribution < 1.29 is 4.74 Å². The number of rotatable bonds is 4. The van der Waals surface area contributed by atoms with E-state index in [9.17, 15) is 0 Å². The second kappa shape index (κ2) is 6.99. The van der Waals surface area contributed by atoms with Crippen molar-refractivity contribution >= 4 is 11.4 Å². The van der Waals surface area contributed by atoms with Crippen molar-refractivity contribution in [1.29, 1.82) is 0 Å². The number of hydrogen-bond donors (Lipinski definition) is 1. The summed E-state index contributed by atoms with van der Waals surface area (Å²) in [7, 11) is 0. The molecule has 2 nitrogen and oxygen atoms in total. The van der Waals surface area contributed by atoms with E-state index >= 15 is 0 Å². The Balaban J connectivity index is 1.74. The molecular formula is C26H21NO. The van der Waals surface area contributed by atoms with Crippen LogP contribution in [0.2, 0.25) is 0 Å².